The number of rotatable bonds is 1. The fourth-order valence-corrected chi connectivity index (χ4v) is 2.36. The van der Waals surface area contributed by atoms with Crippen molar-refractivity contribution in [2.45, 2.75) is 24.1 Å². The molecule has 4 heteroatoms. The number of nitrogens with two attached hydrogens (primary N) is 1. The van der Waals surface area contributed by atoms with Crippen LogP contribution in [0.2, 0.25) is 0 Å². The van der Waals surface area contributed by atoms with Gasteiger partial charge in [0.25, 0.3) is 0 Å². The van der Waals surface area contributed by atoms with Gasteiger partial charge in [-0.2, -0.15) is 11.8 Å². The molecule has 0 saturated carbocycles. The minimum Gasteiger partial charge on any atom is -0.480 e. The zero-order valence-corrected chi connectivity index (χ0v) is 6.65. The molecule has 58 valence electrons. The quantitative estimate of drug-likeness (QED) is 0.580. The van der Waals surface area contributed by atoms with Crippen molar-refractivity contribution in [2.75, 3.05) is 5.75 Å². The minimum absolute atomic E-state index is 0.0463. The van der Waals surface area contributed by atoms with Crippen LogP contribution in [-0.4, -0.2) is 27.6 Å². The summed E-state index contributed by atoms with van der Waals surface area (Å²) in [5.74, 6) is -0.00532. The average molecular weight is 161 g/mol. The molecule has 0 aromatic rings. The van der Waals surface area contributed by atoms with Crippen molar-refractivity contribution in [1.29, 1.82) is 0 Å². The van der Waals surface area contributed by atoms with Gasteiger partial charge >= 0.3 is 5.97 Å². The van der Waals surface area contributed by atoms with Crippen LogP contribution in [0.1, 0.15) is 13.3 Å². The van der Waals surface area contributed by atoms with Crippen LogP contribution in [0.3, 0.4) is 0 Å². The van der Waals surface area contributed by atoms with Gasteiger partial charge in [0.2, 0.25) is 0 Å². The molecule has 3 nitrogen and oxygen atoms in total. The maximum absolute atomic E-state index is 10.6. The molecule has 1 aliphatic heterocycles. The third-order valence-corrected chi connectivity index (χ3v) is 3.37. The summed E-state index contributed by atoms with van der Waals surface area (Å²) in [6.45, 7) is 1.87. The van der Waals surface area contributed by atoms with Crippen molar-refractivity contribution in [2.24, 2.45) is 5.73 Å². The Bertz CT molecular complexity index is 162. The lowest BCUT2D eigenvalue weighted by atomic mass is 9.95. The monoisotopic (exact) mass is 161 g/mol. The van der Waals surface area contributed by atoms with E-state index in [2.05, 4.69) is 0 Å². The maximum atomic E-state index is 10.6. The van der Waals surface area contributed by atoms with Crippen LogP contribution in [0.5, 0.6) is 0 Å². The highest BCUT2D eigenvalue weighted by Crippen LogP contribution is 2.33. The molecular formula is C6H11NO2S. The van der Waals surface area contributed by atoms with Crippen molar-refractivity contribution < 1.29 is 9.90 Å². The first-order valence-electron chi connectivity index (χ1n) is 3.21. The van der Waals surface area contributed by atoms with Gasteiger partial charge < -0.3 is 10.8 Å². The molecule has 1 rings (SSSR count). The summed E-state index contributed by atoms with van der Waals surface area (Å²) in [6.07, 6.45) is 0.591. The summed E-state index contributed by atoms with van der Waals surface area (Å²) in [4.78, 5) is 10.6. The lowest BCUT2D eigenvalue weighted by molar-refractivity contribution is -0.143. The largest absolute Gasteiger partial charge is 0.480 e. The second-order valence-corrected chi connectivity index (χ2v) is 4.06. The summed E-state index contributed by atoms with van der Waals surface area (Å²) < 4.78 is 0. The molecule has 3 N–H and O–H groups in total. The molecular weight excluding hydrogens is 150 g/mol. The molecule has 0 spiro atoms. The highest BCUT2D eigenvalue weighted by Gasteiger charge is 2.43. The Morgan fingerprint density at radius 2 is 2.50 bits per heavy atom. The van der Waals surface area contributed by atoms with Crippen LogP contribution in [0.4, 0.5) is 0 Å². The van der Waals surface area contributed by atoms with Crippen molar-refractivity contribution in [3.63, 3.8) is 0 Å². The Hall–Kier alpha value is -0.220. The summed E-state index contributed by atoms with van der Waals surface area (Å²) >= 11 is 1.63. The molecule has 0 aromatic heterocycles. The van der Waals surface area contributed by atoms with E-state index in [9.17, 15) is 4.79 Å². The lowest BCUT2D eigenvalue weighted by Gasteiger charge is -2.21. The van der Waals surface area contributed by atoms with E-state index < -0.39 is 11.5 Å². The van der Waals surface area contributed by atoms with Gasteiger partial charge in [0, 0.05) is 5.25 Å². The van der Waals surface area contributed by atoms with Gasteiger partial charge in [-0.05, 0) is 12.2 Å². The standard InChI is InChI=1S/C6H11NO2S/c1-4-6(7,5(8)9)2-3-10-4/h4H,2-3,7H2,1H3,(H,8,9). The second kappa shape index (κ2) is 2.43. The van der Waals surface area contributed by atoms with Gasteiger partial charge in [-0.1, -0.05) is 6.92 Å². The van der Waals surface area contributed by atoms with E-state index in [1.807, 2.05) is 6.92 Å². The summed E-state index contributed by atoms with van der Waals surface area (Å²) in [5, 5.41) is 8.75. The normalized spacial score (nSPS) is 40.0. The average Bonchev–Trinajstić information content (AvgIpc) is 2.15. The van der Waals surface area contributed by atoms with E-state index in [0.29, 0.717) is 6.42 Å². The Labute approximate surface area is 64.0 Å². The van der Waals surface area contributed by atoms with Crippen LogP contribution in [0, 0.1) is 0 Å². The lowest BCUT2D eigenvalue weighted by Crippen LogP contribution is -2.52. The molecule has 1 aliphatic rings. The molecule has 1 heterocycles. The molecule has 2 unspecified atom stereocenters. The van der Waals surface area contributed by atoms with Crippen molar-refractivity contribution in [1.82, 2.24) is 0 Å². The van der Waals surface area contributed by atoms with Crippen molar-refractivity contribution in [3.05, 3.63) is 0 Å². The molecule has 0 amide bonds. The van der Waals surface area contributed by atoms with Crippen LogP contribution in [0.15, 0.2) is 0 Å². The molecule has 0 aliphatic carbocycles. The summed E-state index contributed by atoms with van der Waals surface area (Å²) in [7, 11) is 0. The van der Waals surface area contributed by atoms with Gasteiger partial charge in [-0.15, -0.1) is 0 Å². The van der Waals surface area contributed by atoms with Gasteiger partial charge in [0.15, 0.2) is 0 Å². The third-order valence-electron chi connectivity index (χ3n) is 2.01. The van der Waals surface area contributed by atoms with E-state index >= 15 is 0 Å². The fourth-order valence-electron chi connectivity index (χ4n) is 1.04. The van der Waals surface area contributed by atoms with Crippen LogP contribution >= 0.6 is 11.8 Å². The number of thioether (sulfide) groups is 1. The smallest absolute Gasteiger partial charge is 0.324 e. The number of aliphatic carboxylic acids is 1. The second-order valence-electron chi connectivity index (χ2n) is 2.61. The van der Waals surface area contributed by atoms with Crippen LogP contribution < -0.4 is 5.73 Å². The zero-order valence-electron chi connectivity index (χ0n) is 5.83. The van der Waals surface area contributed by atoms with E-state index in [4.69, 9.17) is 10.8 Å². The number of carboxylic acids is 1. The van der Waals surface area contributed by atoms with Gasteiger partial charge in [-0.3, -0.25) is 4.79 Å². The number of carboxylic acid groups (broad SMARTS) is 1. The van der Waals surface area contributed by atoms with Crippen LogP contribution in [-0.2, 0) is 4.79 Å². The predicted molar refractivity (Wildman–Crippen MR) is 41.1 cm³/mol. The van der Waals surface area contributed by atoms with Crippen molar-refractivity contribution >= 4 is 17.7 Å². The molecule has 10 heavy (non-hydrogen) atoms. The van der Waals surface area contributed by atoms with E-state index in [1.165, 1.54) is 0 Å². The fraction of sp³-hybridized carbons (Fsp3) is 0.833. The summed E-state index contributed by atoms with van der Waals surface area (Å²) in [6, 6.07) is 0. The molecule has 2 atom stereocenters. The van der Waals surface area contributed by atoms with Crippen LogP contribution in [0.25, 0.3) is 0 Å². The van der Waals surface area contributed by atoms with Crippen molar-refractivity contribution in [3.8, 4) is 0 Å². The van der Waals surface area contributed by atoms with E-state index in [0.717, 1.165) is 5.75 Å². The Morgan fingerprint density at radius 3 is 2.70 bits per heavy atom. The maximum Gasteiger partial charge on any atom is 0.324 e. The van der Waals surface area contributed by atoms with Gasteiger partial charge in [-0.25, -0.2) is 0 Å². The highest BCUT2D eigenvalue weighted by atomic mass is 32.2. The first-order valence-corrected chi connectivity index (χ1v) is 4.26. The summed E-state index contributed by atoms with van der Waals surface area (Å²) in [5.41, 5.74) is 4.66. The molecule has 1 saturated heterocycles. The SMILES string of the molecule is CC1SCCC1(N)C(=O)O. The third kappa shape index (κ3) is 1.01. The molecule has 0 aromatic carbocycles. The number of hydrogen-bond donors (Lipinski definition) is 2. The first-order chi connectivity index (χ1) is 4.57. The Kier molecular flexibility index (Phi) is 1.92. The molecule has 1 fully saturated rings. The Balaban J connectivity index is 2.75. The highest BCUT2D eigenvalue weighted by molar-refractivity contribution is 8.00. The molecule has 0 radical (unpaired) electrons. The number of hydrogen-bond acceptors (Lipinski definition) is 3. The predicted octanol–water partition coefficient (Wildman–Crippen LogP) is 0.294. The molecule has 0 bridgehead atoms. The number of carbonyl (C=O) groups is 1. The van der Waals surface area contributed by atoms with Gasteiger partial charge in [0.05, 0.1) is 0 Å². The van der Waals surface area contributed by atoms with Gasteiger partial charge in [0.1, 0.15) is 5.54 Å². The van der Waals surface area contributed by atoms with E-state index in [-0.39, 0.29) is 5.25 Å². The topological polar surface area (TPSA) is 63.3 Å². The Morgan fingerprint density at radius 1 is 1.90 bits per heavy atom. The zero-order chi connectivity index (χ0) is 7.78. The minimum atomic E-state index is -0.968. The van der Waals surface area contributed by atoms with E-state index in [1.54, 1.807) is 11.8 Å². The first kappa shape index (κ1) is 7.88.